The molecule has 0 bridgehead atoms. The molecule has 0 saturated carbocycles. The zero-order valence-corrected chi connectivity index (χ0v) is 11.5. The summed E-state index contributed by atoms with van der Waals surface area (Å²) < 4.78 is 0. The molecule has 0 radical (unpaired) electrons. The van der Waals surface area contributed by atoms with Gasteiger partial charge in [0.1, 0.15) is 0 Å². The van der Waals surface area contributed by atoms with Gasteiger partial charge in [-0.3, -0.25) is 19.3 Å². The van der Waals surface area contributed by atoms with E-state index in [4.69, 9.17) is 5.11 Å². The third-order valence-electron chi connectivity index (χ3n) is 2.46. The van der Waals surface area contributed by atoms with Crippen molar-refractivity contribution in [2.24, 2.45) is 0 Å². The van der Waals surface area contributed by atoms with Gasteiger partial charge in [-0.1, -0.05) is 6.07 Å². The molecule has 0 atom stereocenters. The number of carbonyl (C=O) groups excluding carboxylic acids is 2. The molecule has 19 heavy (non-hydrogen) atoms. The first-order chi connectivity index (χ1) is 9.08. The number of carboxylic acids is 1. The van der Waals surface area contributed by atoms with Gasteiger partial charge in [-0.25, -0.2) is 0 Å². The summed E-state index contributed by atoms with van der Waals surface area (Å²) >= 11 is 2.38. The van der Waals surface area contributed by atoms with Crippen LogP contribution >= 0.6 is 23.1 Å². The SMILES string of the molecule is O=C(O)CCCN1C(=O)S/C(=C/c2cccs2)C1=O. The number of aliphatic carboxylic acids is 1. The lowest BCUT2D eigenvalue weighted by molar-refractivity contribution is -0.137. The van der Waals surface area contributed by atoms with E-state index in [1.165, 1.54) is 11.3 Å². The van der Waals surface area contributed by atoms with Gasteiger partial charge in [0.2, 0.25) is 0 Å². The van der Waals surface area contributed by atoms with Crippen LogP contribution in [0.25, 0.3) is 6.08 Å². The highest BCUT2D eigenvalue weighted by atomic mass is 32.2. The van der Waals surface area contributed by atoms with Crippen molar-refractivity contribution >= 4 is 46.3 Å². The van der Waals surface area contributed by atoms with E-state index in [0.29, 0.717) is 4.91 Å². The van der Waals surface area contributed by atoms with Crippen molar-refractivity contribution in [2.75, 3.05) is 6.54 Å². The van der Waals surface area contributed by atoms with Gasteiger partial charge in [0, 0.05) is 17.8 Å². The quantitative estimate of drug-likeness (QED) is 0.846. The molecule has 1 fully saturated rings. The molecule has 2 rings (SSSR count). The molecule has 5 nitrogen and oxygen atoms in total. The van der Waals surface area contributed by atoms with Gasteiger partial charge in [0.05, 0.1) is 4.91 Å². The average Bonchev–Trinajstić information content (AvgIpc) is 2.93. The summed E-state index contributed by atoms with van der Waals surface area (Å²) in [6.45, 7) is 0.152. The Morgan fingerprint density at radius 2 is 2.21 bits per heavy atom. The minimum absolute atomic E-state index is 0.0499. The van der Waals surface area contributed by atoms with Crippen LogP contribution in [0.2, 0.25) is 0 Å². The fraction of sp³-hybridized carbons (Fsp3) is 0.250. The minimum Gasteiger partial charge on any atom is -0.481 e. The van der Waals surface area contributed by atoms with Crippen molar-refractivity contribution < 1.29 is 19.5 Å². The Hall–Kier alpha value is -1.60. The topological polar surface area (TPSA) is 74.7 Å². The van der Waals surface area contributed by atoms with Gasteiger partial charge < -0.3 is 5.11 Å². The van der Waals surface area contributed by atoms with Crippen molar-refractivity contribution in [3.8, 4) is 0 Å². The second kappa shape index (κ2) is 6.03. The predicted octanol–water partition coefficient (Wildman–Crippen LogP) is 2.65. The fourth-order valence-electron chi connectivity index (χ4n) is 1.58. The number of carboxylic acid groups (broad SMARTS) is 1. The van der Waals surface area contributed by atoms with Crippen LogP contribution < -0.4 is 0 Å². The zero-order chi connectivity index (χ0) is 13.8. The number of hydrogen-bond donors (Lipinski definition) is 1. The number of nitrogens with zero attached hydrogens (tertiary/aromatic N) is 1. The molecule has 1 saturated heterocycles. The third kappa shape index (κ3) is 3.45. The second-order valence-corrected chi connectivity index (χ2v) is 5.82. The first-order valence-electron chi connectivity index (χ1n) is 5.58. The number of thioether (sulfide) groups is 1. The van der Waals surface area contributed by atoms with Crippen LogP contribution in [0.4, 0.5) is 4.79 Å². The van der Waals surface area contributed by atoms with Gasteiger partial charge in [0.25, 0.3) is 11.1 Å². The smallest absolute Gasteiger partial charge is 0.303 e. The van der Waals surface area contributed by atoms with Crippen molar-refractivity contribution in [3.05, 3.63) is 27.3 Å². The number of imide groups is 1. The summed E-state index contributed by atoms with van der Waals surface area (Å²) in [7, 11) is 0. The van der Waals surface area contributed by atoms with E-state index in [0.717, 1.165) is 21.5 Å². The molecule has 0 spiro atoms. The van der Waals surface area contributed by atoms with Crippen molar-refractivity contribution in [3.63, 3.8) is 0 Å². The molecule has 7 heteroatoms. The minimum atomic E-state index is -0.930. The second-order valence-electron chi connectivity index (χ2n) is 3.85. The fourth-order valence-corrected chi connectivity index (χ4v) is 3.17. The molecule has 1 aromatic rings. The highest BCUT2D eigenvalue weighted by Crippen LogP contribution is 2.32. The third-order valence-corrected chi connectivity index (χ3v) is 4.19. The average molecular weight is 297 g/mol. The molecule has 1 N–H and O–H groups in total. The number of hydrogen-bond acceptors (Lipinski definition) is 5. The number of carbonyl (C=O) groups is 3. The first kappa shape index (κ1) is 13.8. The van der Waals surface area contributed by atoms with Crippen molar-refractivity contribution in [1.29, 1.82) is 0 Å². The lowest BCUT2D eigenvalue weighted by Gasteiger charge is -2.10. The van der Waals surface area contributed by atoms with Crippen molar-refractivity contribution in [2.45, 2.75) is 12.8 Å². The molecular weight excluding hydrogens is 286 g/mol. The Morgan fingerprint density at radius 3 is 2.84 bits per heavy atom. The normalized spacial score (nSPS) is 17.5. The van der Waals surface area contributed by atoms with E-state index < -0.39 is 5.97 Å². The summed E-state index contributed by atoms with van der Waals surface area (Å²) in [5.74, 6) is -1.27. The van der Waals surface area contributed by atoms with Gasteiger partial charge in [0.15, 0.2) is 0 Å². The van der Waals surface area contributed by atoms with Gasteiger partial charge in [-0.05, 0) is 35.7 Å². The Kier molecular flexibility index (Phi) is 4.39. The first-order valence-corrected chi connectivity index (χ1v) is 7.28. The maximum Gasteiger partial charge on any atom is 0.303 e. The van der Waals surface area contributed by atoms with E-state index in [9.17, 15) is 14.4 Å². The lowest BCUT2D eigenvalue weighted by Crippen LogP contribution is -2.29. The molecule has 1 aromatic heterocycles. The summed E-state index contributed by atoms with van der Waals surface area (Å²) in [5.41, 5.74) is 0. The van der Waals surface area contributed by atoms with Crippen LogP contribution in [0.3, 0.4) is 0 Å². The van der Waals surface area contributed by atoms with Crippen LogP contribution in [-0.2, 0) is 9.59 Å². The molecule has 1 aliphatic heterocycles. The summed E-state index contributed by atoms with van der Waals surface area (Å²) in [5, 5.41) is 10.1. The highest BCUT2D eigenvalue weighted by molar-refractivity contribution is 8.18. The van der Waals surface area contributed by atoms with E-state index >= 15 is 0 Å². The summed E-state index contributed by atoms with van der Waals surface area (Å²) in [4.78, 5) is 36.5. The number of thiophene rings is 1. The van der Waals surface area contributed by atoms with Crippen LogP contribution in [0.1, 0.15) is 17.7 Å². The summed E-state index contributed by atoms with van der Waals surface area (Å²) in [6, 6.07) is 3.73. The van der Waals surface area contributed by atoms with Gasteiger partial charge in [-0.2, -0.15) is 0 Å². The lowest BCUT2D eigenvalue weighted by atomic mass is 10.3. The molecule has 100 valence electrons. The maximum absolute atomic E-state index is 12.0. The standard InChI is InChI=1S/C12H11NO4S2/c14-10(15)4-1-5-13-11(16)9(19-12(13)17)7-8-3-2-6-18-8/h2-3,6-7H,1,4-5H2,(H,14,15)/b9-7+. The monoisotopic (exact) mass is 297 g/mol. The summed E-state index contributed by atoms with van der Waals surface area (Å²) in [6.07, 6.45) is 1.91. The van der Waals surface area contributed by atoms with Crippen LogP contribution in [-0.4, -0.2) is 33.7 Å². The van der Waals surface area contributed by atoms with E-state index in [1.807, 2.05) is 17.5 Å². The Morgan fingerprint density at radius 1 is 1.42 bits per heavy atom. The molecule has 0 aromatic carbocycles. The molecule has 0 aliphatic carbocycles. The molecule has 2 heterocycles. The largest absolute Gasteiger partial charge is 0.481 e. The molecule has 2 amide bonds. The van der Waals surface area contributed by atoms with E-state index in [2.05, 4.69) is 0 Å². The predicted molar refractivity (Wildman–Crippen MR) is 73.9 cm³/mol. The van der Waals surface area contributed by atoms with E-state index in [1.54, 1.807) is 6.08 Å². The molecule has 1 aliphatic rings. The van der Waals surface area contributed by atoms with Crippen LogP contribution in [0.15, 0.2) is 22.4 Å². The van der Waals surface area contributed by atoms with Gasteiger partial charge >= 0.3 is 5.97 Å². The van der Waals surface area contributed by atoms with Crippen LogP contribution in [0, 0.1) is 0 Å². The van der Waals surface area contributed by atoms with E-state index in [-0.39, 0.29) is 30.5 Å². The van der Waals surface area contributed by atoms with Crippen LogP contribution in [0.5, 0.6) is 0 Å². The molecule has 0 unspecified atom stereocenters. The number of rotatable bonds is 5. The van der Waals surface area contributed by atoms with Gasteiger partial charge in [-0.15, -0.1) is 11.3 Å². The Bertz CT molecular complexity index is 536. The number of amides is 2. The molecular formula is C12H11NO4S2. The Labute approximate surface area is 117 Å². The maximum atomic E-state index is 12.0. The zero-order valence-electron chi connectivity index (χ0n) is 9.87. The van der Waals surface area contributed by atoms with Crippen molar-refractivity contribution in [1.82, 2.24) is 4.90 Å². The Balaban J connectivity index is 2.02. The highest BCUT2D eigenvalue weighted by Gasteiger charge is 2.34.